The standard InChI is InChI=1S/C27H32BrN5O2S/c1-6-13-36-26-31-25-30-16(2)22(24(29)34)23(33(25)32-26)20-14-19(28)11-12-21(20)35-15-17-7-9-18(10-8-17)27(3,4)5/h7-12,14,23H,6,13,15H2,1-5H3,(H2,29,34)(H,30,31,32). The van der Waals surface area contributed by atoms with Gasteiger partial charge < -0.3 is 15.8 Å². The maximum atomic E-state index is 12.6. The van der Waals surface area contributed by atoms with E-state index >= 15 is 0 Å². The highest BCUT2D eigenvalue weighted by molar-refractivity contribution is 9.10. The van der Waals surface area contributed by atoms with Crippen LogP contribution in [0.25, 0.3) is 0 Å². The van der Waals surface area contributed by atoms with Gasteiger partial charge in [-0.3, -0.25) is 4.79 Å². The third-order valence-corrected chi connectivity index (χ3v) is 7.55. The van der Waals surface area contributed by atoms with Crippen LogP contribution in [-0.2, 0) is 16.8 Å². The maximum absolute atomic E-state index is 12.6. The second-order valence-corrected chi connectivity index (χ2v) is 11.8. The maximum Gasteiger partial charge on any atom is 0.248 e. The van der Waals surface area contributed by atoms with Gasteiger partial charge in [-0.05, 0) is 48.1 Å². The predicted octanol–water partition coefficient (Wildman–Crippen LogP) is 6.19. The summed E-state index contributed by atoms with van der Waals surface area (Å²) >= 11 is 5.17. The highest BCUT2D eigenvalue weighted by Crippen LogP contribution is 2.41. The van der Waals surface area contributed by atoms with Crippen LogP contribution in [0.3, 0.4) is 0 Å². The Kier molecular flexibility index (Phi) is 7.80. The van der Waals surface area contributed by atoms with E-state index in [1.54, 1.807) is 16.4 Å². The molecule has 0 spiro atoms. The third-order valence-electron chi connectivity index (χ3n) is 6.01. The van der Waals surface area contributed by atoms with E-state index in [1.807, 2.05) is 25.1 Å². The van der Waals surface area contributed by atoms with Gasteiger partial charge >= 0.3 is 0 Å². The minimum Gasteiger partial charge on any atom is -0.489 e. The van der Waals surface area contributed by atoms with Gasteiger partial charge in [-0.15, -0.1) is 5.10 Å². The zero-order chi connectivity index (χ0) is 26.0. The molecule has 7 nitrogen and oxygen atoms in total. The molecule has 36 heavy (non-hydrogen) atoms. The molecule has 0 saturated carbocycles. The Morgan fingerprint density at radius 3 is 2.58 bits per heavy atom. The molecule has 1 atom stereocenters. The fraction of sp³-hybridized carbons (Fsp3) is 0.370. The summed E-state index contributed by atoms with van der Waals surface area (Å²) in [5.41, 5.74) is 10.2. The van der Waals surface area contributed by atoms with Crippen LogP contribution >= 0.6 is 27.7 Å². The fourth-order valence-electron chi connectivity index (χ4n) is 4.12. The molecule has 1 aliphatic rings. The van der Waals surface area contributed by atoms with Crippen LogP contribution in [0.15, 0.2) is 63.4 Å². The number of amides is 1. The molecule has 4 rings (SSSR count). The van der Waals surface area contributed by atoms with Crippen molar-refractivity contribution in [3.05, 3.63) is 74.9 Å². The topological polar surface area (TPSA) is 95.1 Å². The van der Waals surface area contributed by atoms with E-state index in [0.29, 0.717) is 34.7 Å². The lowest BCUT2D eigenvalue weighted by atomic mass is 9.87. The van der Waals surface area contributed by atoms with E-state index in [2.05, 4.69) is 78.2 Å². The Balaban J connectivity index is 1.71. The van der Waals surface area contributed by atoms with Gasteiger partial charge in [-0.2, -0.15) is 4.98 Å². The number of fused-ring (bicyclic) bond motifs is 1. The SMILES string of the molecule is CCCSc1nc2n(n1)C(c1cc(Br)ccc1OCc1ccc(C(C)(C)C)cc1)C(C(N)=O)=C(C)N2. The monoisotopic (exact) mass is 569 g/mol. The molecule has 3 N–H and O–H groups in total. The molecule has 1 amide bonds. The number of ether oxygens (including phenoxy) is 1. The van der Waals surface area contributed by atoms with E-state index < -0.39 is 11.9 Å². The molecule has 0 saturated heterocycles. The molecule has 1 aromatic heterocycles. The van der Waals surface area contributed by atoms with Gasteiger partial charge in [0, 0.05) is 21.5 Å². The van der Waals surface area contributed by atoms with Crippen LogP contribution in [0.1, 0.15) is 63.8 Å². The number of nitrogens with two attached hydrogens (primary N) is 1. The lowest BCUT2D eigenvalue weighted by molar-refractivity contribution is -0.115. The van der Waals surface area contributed by atoms with Crippen LogP contribution in [-0.4, -0.2) is 26.4 Å². The van der Waals surface area contributed by atoms with Crippen molar-refractivity contribution < 1.29 is 9.53 Å². The number of hydrogen-bond donors (Lipinski definition) is 2. The lowest BCUT2D eigenvalue weighted by Gasteiger charge is -2.29. The average Bonchev–Trinajstić information content (AvgIpc) is 3.22. The number of nitrogens with one attached hydrogen (secondary N) is 1. The highest BCUT2D eigenvalue weighted by Gasteiger charge is 2.35. The summed E-state index contributed by atoms with van der Waals surface area (Å²) in [5, 5.41) is 8.58. The molecule has 0 aliphatic carbocycles. The van der Waals surface area contributed by atoms with Gasteiger partial charge in [0.15, 0.2) is 0 Å². The molecule has 1 unspecified atom stereocenters. The summed E-state index contributed by atoms with van der Waals surface area (Å²) in [6.45, 7) is 10.9. The highest BCUT2D eigenvalue weighted by atomic mass is 79.9. The molecule has 0 bridgehead atoms. The smallest absolute Gasteiger partial charge is 0.248 e. The summed E-state index contributed by atoms with van der Waals surface area (Å²) in [5.74, 6) is 1.62. The summed E-state index contributed by atoms with van der Waals surface area (Å²) in [6, 6.07) is 13.7. The van der Waals surface area contributed by atoms with Crippen molar-refractivity contribution in [1.29, 1.82) is 0 Å². The first-order valence-electron chi connectivity index (χ1n) is 12.0. The number of rotatable bonds is 8. The number of benzene rings is 2. The molecule has 190 valence electrons. The number of thioether (sulfide) groups is 1. The number of nitrogens with zero attached hydrogens (tertiary/aromatic N) is 3. The molecule has 2 aromatic carbocycles. The van der Waals surface area contributed by atoms with Crippen molar-refractivity contribution in [2.75, 3.05) is 11.1 Å². The van der Waals surface area contributed by atoms with E-state index in [-0.39, 0.29) is 5.41 Å². The van der Waals surface area contributed by atoms with Crippen LogP contribution in [0.2, 0.25) is 0 Å². The van der Waals surface area contributed by atoms with Gasteiger partial charge in [-0.25, -0.2) is 4.68 Å². The van der Waals surface area contributed by atoms with Gasteiger partial charge in [0.25, 0.3) is 0 Å². The van der Waals surface area contributed by atoms with Gasteiger partial charge in [0.1, 0.15) is 18.4 Å². The first-order valence-corrected chi connectivity index (χ1v) is 13.7. The number of carbonyl (C=O) groups excluding carboxylic acids is 1. The van der Waals surface area contributed by atoms with Gasteiger partial charge in [0.05, 0.1) is 5.57 Å². The Morgan fingerprint density at radius 2 is 1.94 bits per heavy atom. The van der Waals surface area contributed by atoms with Gasteiger partial charge in [0.2, 0.25) is 17.0 Å². The Hall–Kier alpha value is -2.78. The fourth-order valence-corrected chi connectivity index (χ4v) is 5.18. The minimum atomic E-state index is -0.571. The summed E-state index contributed by atoms with van der Waals surface area (Å²) in [7, 11) is 0. The average molecular weight is 571 g/mol. The number of aromatic nitrogens is 3. The Morgan fingerprint density at radius 1 is 1.22 bits per heavy atom. The minimum absolute atomic E-state index is 0.0897. The molecule has 9 heteroatoms. The van der Waals surface area contributed by atoms with E-state index in [4.69, 9.17) is 15.6 Å². The largest absolute Gasteiger partial charge is 0.489 e. The van der Waals surface area contributed by atoms with Crippen molar-refractivity contribution >= 4 is 39.5 Å². The quantitative estimate of drug-likeness (QED) is 0.314. The number of primary amides is 1. The second-order valence-electron chi connectivity index (χ2n) is 9.86. The van der Waals surface area contributed by atoms with Crippen LogP contribution < -0.4 is 15.8 Å². The molecule has 2 heterocycles. The first-order chi connectivity index (χ1) is 17.1. The normalized spacial score (nSPS) is 15.4. The second kappa shape index (κ2) is 10.7. The van der Waals surface area contributed by atoms with E-state index in [1.165, 1.54) is 5.56 Å². The third kappa shape index (κ3) is 5.62. The zero-order valence-corrected chi connectivity index (χ0v) is 23.7. The number of allylic oxidation sites excluding steroid dienone is 1. The van der Waals surface area contributed by atoms with Crippen molar-refractivity contribution in [2.45, 2.75) is 64.3 Å². The summed E-state index contributed by atoms with van der Waals surface area (Å²) in [4.78, 5) is 17.3. The summed E-state index contributed by atoms with van der Waals surface area (Å²) in [6.07, 6.45) is 1.01. The van der Waals surface area contributed by atoms with Crippen molar-refractivity contribution in [3.63, 3.8) is 0 Å². The van der Waals surface area contributed by atoms with Crippen molar-refractivity contribution in [2.24, 2.45) is 5.73 Å². The molecule has 0 radical (unpaired) electrons. The van der Waals surface area contributed by atoms with Crippen LogP contribution in [0.5, 0.6) is 5.75 Å². The lowest BCUT2D eigenvalue weighted by Crippen LogP contribution is -2.32. The Bertz CT molecular complexity index is 1290. The van der Waals surface area contributed by atoms with E-state index in [0.717, 1.165) is 27.8 Å². The predicted molar refractivity (Wildman–Crippen MR) is 148 cm³/mol. The van der Waals surface area contributed by atoms with E-state index in [9.17, 15) is 4.79 Å². The molecular formula is C27H32BrN5O2S. The molecule has 3 aromatic rings. The Labute approximate surface area is 225 Å². The number of hydrogen-bond acceptors (Lipinski definition) is 6. The first kappa shape index (κ1) is 26.3. The number of halogens is 1. The molecule has 1 aliphatic heterocycles. The van der Waals surface area contributed by atoms with Crippen molar-refractivity contribution in [3.8, 4) is 5.75 Å². The molecular weight excluding hydrogens is 538 g/mol. The number of anilines is 1. The van der Waals surface area contributed by atoms with Crippen LogP contribution in [0.4, 0.5) is 5.95 Å². The van der Waals surface area contributed by atoms with Crippen molar-refractivity contribution in [1.82, 2.24) is 14.8 Å². The zero-order valence-electron chi connectivity index (χ0n) is 21.3. The van der Waals surface area contributed by atoms with Gasteiger partial charge in [-0.1, -0.05) is 79.7 Å². The summed E-state index contributed by atoms with van der Waals surface area (Å²) < 4.78 is 8.92. The number of carbonyl (C=O) groups is 1. The van der Waals surface area contributed by atoms with Crippen LogP contribution in [0, 0.1) is 0 Å². The molecule has 0 fully saturated rings.